The number of nitrogens with one attached hydrogen (secondary N) is 1. The first kappa shape index (κ1) is 12.9. The molecule has 2 atom stereocenters. The van der Waals surface area contributed by atoms with E-state index < -0.39 is 5.97 Å². The number of imidazole rings is 1. The molecule has 1 aromatic carbocycles. The Morgan fingerprint density at radius 2 is 2.30 bits per heavy atom. The van der Waals surface area contributed by atoms with E-state index in [1.54, 1.807) is 16.7 Å². The van der Waals surface area contributed by atoms with E-state index in [9.17, 15) is 14.7 Å². The fourth-order valence-electron chi connectivity index (χ4n) is 2.90. The van der Waals surface area contributed by atoms with Crippen molar-refractivity contribution in [2.75, 3.05) is 6.61 Å². The zero-order valence-electron chi connectivity index (χ0n) is 11.1. The molecule has 2 N–H and O–H groups in total. The number of rotatable bonds is 2. The zero-order chi connectivity index (χ0) is 14.3. The van der Waals surface area contributed by atoms with E-state index >= 15 is 0 Å². The highest BCUT2D eigenvalue weighted by Crippen LogP contribution is 2.27. The standard InChI is InChI=1S/C14H16N2O4/c1-8-7-9(5-6-20-8)16-11-4-2-3-10(13(17)18)12(11)15-14(16)19/h2-4,8-9H,5-7H2,1H3,(H,15,19)(H,17,18). The first-order valence-electron chi connectivity index (χ1n) is 6.66. The minimum atomic E-state index is -1.04. The van der Waals surface area contributed by atoms with Gasteiger partial charge in [-0.2, -0.15) is 0 Å². The average molecular weight is 276 g/mol. The molecular formula is C14H16N2O4. The first-order chi connectivity index (χ1) is 9.58. The molecule has 0 saturated carbocycles. The van der Waals surface area contributed by atoms with E-state index in [0.717, 1.165) is 12.8 Å². The minimum absolute atomic E-state index is 0.0454. The number of hydrogen-bond acceptors (Lipinski definition) is 3. The number of carbonyl (C=O) groups is 1. The second-order valence-electron chi connectivity index (χ2n) is 5.16. The summed E-state index contributed by atoms with van der Waals surface area (Å²) in [6.45, 7) is 2.60. The maximum absolute atomic E-state index is 12.2. The molecule has 0 spiro atoms. The average Bonchev–Trinajstić information content (AvgIpc) is 2.74. The zero-order valence-corrected chi connectivity index (χ0v) is 11.1. The quantitative estimate of drug-likeness (QED) is 0.875. The second-order valence-corrected chi connectivity index (χ2v) is 5.16. The summed E-state index contributed by atoms with van der Waals surface area (Å²) < 4.78 is 7.17. The van der Waals surface area contributed by atoms with Crippen LogP contribution in [0.1, 0.15) is 36.2 Å². The molecule has 0 bridgehead atoms. The van der Waals surface area contributed by atoms with Gasteiger partial charge < -0.3 is 14.8 Å². The molecule has 1 aliphatic heterocycles. The number of hydrogen-bond donors (Lipinski definition) is 2. The molecule has 106 valence electrons. The number of para-hydroxylation sites is 1. The van der Waals surface area contributed by atoms with Gasteiger partial charge in [0.25, 0.3) is 0 Å². The molecule has 0 radical (unpaired) electrons. The van der Waals surface area contributed by atoms with Crippen LogP contribution in [0.4, 0.5) is 0 Å². The monoisotopic (exact) mass is 276 g/mol. The van der Waals surface area contributed by atoms with Crippen molar-refractivity contribution in [2.24, 2.45) is 0 Å². The Morgan fingerprint density at radius 3 is 3.00 bits per heavy atom. The lowest BCUT2D eigenvalue weighted by Crippen LogP contribution is -2.30. The number of ether oxygens (including phenoxy) is 1. The van der Waals surface area contributed by atoms with Crippen molar-refractivity contribution in [1.82, 2.24) is 9.55 Å². The molecule has 2 unspecified atom stereocenters. The van der Waals surface area contributed by atoms with E-state index in [2.05, 4.69) is 4.98 Å². The topological polar surface area (TPSA) is 84.3 Å². The molecule has 6 nitrogen and oxygen atoms in total. The molecule has 0 aliphatic carbocycles. The largest absolute Gasteiger partial charge is 0.478 e. The molecule has 1 aromatic heterocycles. The molecular weight excluding hydrogens is 260 g/mol. The SMILES string of the molecule is CC1CC(n2c(=O)[nH]c3c(C(=O)O)cccc32)CCO1. The molecule has 6 heteroatoms. The fraction of sp³-hybridized carbons (Fsp3) is 0.429. The molecule has 0 amide bonds. The van der Waals surface area contributed by atoms with Gasteiger partial charge in [0.05, 0.1) is 22.7 Å². The summed E-state index contributed by atoms with van der Waals surface area (Å²) in [4.78, 5) is 26.1. The molecule has 1 aliphatic rings. The van der Waals surface area contributed by atoms with Gasteiger partial charge in [-0.15, -0.1) is 0 Å². The number of aromatic amines is 1. The van der Waals surface area contributed by atoms with E-state index in [0.29, 0.717) is 17.6 Å². The molecule has 20 heavy (non-hydrogen) atoms. The van der Waals surface area contributed by atoms with E-state index in [-0.39, 0.29) is 23.4 Å². The Kier molecular flexibility index (Phi) is 3.10. The van der Waals surface area contributed by atoms with Gasteiger partial charge in [-0.05, 0) is 31.9 Å². The van der Waals surface area contributed by atoms with Crippen molar-refractivity contribution in [3.05, 3.63) is 34.2 Å². The second kappa shape index (κ2) is 4.79. The summed E-state index contributed by atoms with van der Waals surface area (Å²) in [5.74, 6) is -1.04. The van der Waals surface area contributed by atoms with Gasteiger partial charge >= 0.3 is 11.7 Å². The Labute approximate surface area is 115 Å². The number of carboxylic acids is 1. The number of nitrogens with zero attached hydrogens (tertiary/aromatic N) is 1. The van der Waals surface area contributed by atoms with Crippen LogP contribution in [0, 0.1) is 0 Å². The van der Waals surface area contributed by atoms with Gasteiger partial charge in [-0.3, -0.25) is 4.57 Å². The number of benzene rings is 1. The van der Waals surface area contributed by atoms with Crippen molar-refractivity contribution in [2.45, 2.75) is 31.9 Å². The van der Waals surface area contributed by atoms with Crippen molar-refractivity contribution in [1.29, 1.82) is 0 Å². The Morgan fingerprint density at radius 1 is 1.50 bits per heavy atom. The fourth-order valence-corrected chi connectivity index (χ4v) is 2.90. The van der Waals surface area contributed by atoms with Crippen molar-refractivity contribution < 1.29 is 14.6 Å². The maximum atomic E-state index is 12.2. The van der Waals surface area contributed by atoms with E-state index in [1.165, 1.54) is 6.07 Å². The Hall–Kier alpha value is -2.08. The number of fused-ring (bicyclic) bond motifs is 1. The summed E-state index contributed by atoms with van der Waals surface area (Å²) in [6.07, 6.45) is 1.62. The number of aromatic nitrogens is 2. The highest BCUT2D eigenvalue weighted by Gasteiger charge is 2.25. The van der Waals surface area contributed by atoms with Crippen LogP contribution in [-0.4, -0.2) is 33.3 Å². The van der Waals surface area contributed by atoms with Crippen LogP contribution in [0.5, 0.6) is 0 Å². The third kappa shape index (κ3) is 2.02. The van der Waals surface area contributed by atoms with Crippen molar-refractivity contribution in [3.63, 3.8) is 0 Å². The smallest absolute Gasteiger partial charge is 0.337 e. The normalized spacial score (nSPS) is 23.1. The number of H-pyrrole nitrogens is 1. The predicted octanol–water partition coefficient (Wildman–Crippen LogP) is 1.77. The van der Waals surface area contributed by atoms with Crippen LogP contribution in [0.3, 0.4) is 0 Å². The van der Waals surface area contributed by atoms with Gasteiger partial charge in [-0.1, -0.05) is 6.07 Å². The summed E-state index contributed by atoms with van der Waals surface area (Å²) in [6, 6.07) is 4.99. The van der Waals surface area contributed by atoms with Crippen LogP contribution >= 0.6 is 0 Å². The molecule has 1 saturated heterocycles. The molecule has 2 aromatic rings. The van der Waals surface area contributed by atoms with Gasteiger partial charge in [0.15, 0.2) is 0 Å². The van der Waals surface area contributed by atoms with Crippen LogP contribution in [0.25, 0.3) is 11.0 Å². The summed E-state index contributed by atoms with van der Waals surface area (Å²) in [5.41, 5.74) is 0.907. The van der Waals surface area contributed by atoms with E-state index in [4.69, 9.17) is 4.74 Å². The van der Waals surface area contributed by atoms with E-state index in [1.807, 2.05) is 6.92 Å². The number of carboxylic acid groups (broad SMARTS) is 1. The molecule has 1 fully saturated rings. The maximum Gasteiger partial charge on any atom is 0.337 e. The highest BCUT2D eigenvalue weighted by atomic mass is 16.5. The Balaban J connectivity index is 2.16. The van der Waals surface area contributed by atoms with Gasteiger partial charge in [0.2, 0.25) is 0 Å². The molecule has 2 heterocycles. The third-order valence-electron chi connectivity index (χ3n) is 3.81. The lowest BCUT2D eigenvalue weighted by molar-refractivity contribution is 0.00615. The van der Waals surface area contributed by atoms with Crippen LogP contribution in [-0.2, 0) is 4.74 Å². The van der Waals surface area contributed by atoms with Crippen LogP contribution in [0.2, 0.25) is 0 Å². The first-order valence-corrected chi connectivity index (χ1v) is 6.66. The number of aromatic carboxylic acids is 1. The summed E-state index contributed by atoms with van der Waals surface area (Å²) in [7, 11) is 0. The molecule has 3 rings (SSSR count). The highest BCUT2D eigenvalue weighted by molar-refractivity contribution is 6.00. The lowest BCUT2D eigenvalue weighted by atomic mass is 10.0. The van der Waals surface area contributed by atoms with Crippen molar-refractivity contribution >= 4 is 17.0 Å². The summed E-state index contributed by atoms with van der Waals surface area (Å²) >= 11 is 0. The summed E-state index contributed by atoms with van der Waals surface area (Å²) in [5, 5.41) is 9.18. The Bertz CT molecular complexity index is 716. The van der Waals surface area contributed by atoms with Gasteiger partial charge in [-0.25, -0.2) is 9.59 Å². The predicted molar refractivity (Wildman–Crippen MR) is 73.2 cm³/mol. The van der Waals surface area contributed by atoms with Gasteiger partial charge in [0, 0.05) is 12.6 Å². The van der Waals surface area contributed by atoms with Crippen LogP contribution < -0.4 is 5.69 Å². The third-order valence-corrected chi connectivity index (χ3v) is 3.81. The van der Waals surface area contributed by atoms with Crippen LogP contribution in [0.15, 0.2) is 23.0 Å². The lowest BCUT2D eigenvalue weighted by Gasteiger charge is -2.28. The van der Waals surface area contributed by atoms with Gasteiger partial charge in [0.1, 0.15) is 0 Å². The minimum Gasteiger partial charge on any atom is -0.478 e. The van der Waals surface area contributed by atoms with Crippen molar-refractivity contribution in [3.8, 4) is 0 Å².